The van der Waals surface area contributed by atoms with Crippen molar-refractivity contribution in [2.45, 2.75) is 43.2 Å². The Balaban J connectivity index is 1.29. The van der Waals surface area contributed by atoms with Crippen LogP contribution in [0.15, 0.2) is 36.7 Å². The molecule has 6 rings (SSSR count). The van der Waals surface area contributed by atoms with Gasteiger partial charge < -0.3 is 20.3 Å². The van der Waals surface area contributed by atoms with Crippen molar-refractivity contribution in [1.29, 1.82) is 0 Å². The molecule has 1 aliphatic carbocycles. The Labute approximate surface area is 181 Å². The summed E-state index contributed by atoms with van der Waals surface area (Å²) < 4.78 is 42.7. The number of nitrogens with two attached hydrogens (primary N) is 1. The Morgan fingerprint density at radius 1 is 1.28 bits per heavy atom. The summed E-state index contributed by atoms with van der Waals surface area (Å²) in [4.78, 5) is 12.5. The summed E-state index contributed by atoms with van der Waals surface area (Å²) in [5.41, 5.74) is 4.28. The van der Waals surface area contributed by atoms with Gasteiger partial charge in [0.25, 0.3) is 0 Å². The Morgan fingerprint density at radius 3 is 2.81 bits per heavy atom. The van der Waals surface area contributed by atoms with Gasteiger partial charge in [0.2, 0.25) is 11.8 Å². The van der Waals surface area contributed by atoms with Gasteiger partial charge in [-0.1, -0.05) is 30.3 Å². The first-order valence-electron chi connectivity index (χ1n) is 9.88. The fourth-order valence-electron chi connectivity index (χ4n) is 4.54. The van der Waals surface area contributed by atoms with Crippen LogP contribution in [0.4, 0.5) is 5.95 Å². The molecule has 2 aliphatic heterocycles. The molecule has 32 heavy (non-hydrogen) atoms. The summed E-state index contributed by atoms with van der Waals surface area (Å²) >= 11 is 0. The van der Waals surface area contributed by atoms with Crippen LogP contribution in [0.3, 0.4) is 0 Å². The van der Waals surface area contributed by atoms with Crippen molar-refractivity contribution in [2.24, 2.45) is 0 Å². The van der Waals surface area contributed by atoms with Gasteiger partial charge in [-0.05, 0) is 12.5 Å². The number of ether oxygens (including phenoxy) is 2. The number of nitrogens with zero attached hydrogens (tertiary/aromatic N) is 4. The number of phosphoric acid groups is 1. The first-order valence-corrected chi connectivity index (χ1v) is 11.3. The lowest BCUT2D eigenvalue weighted by Gasteiger charge is -2.32. The Bertz CT molecular complexity index is 1270. The number of aromatic nitrogens is 4. The summed E-state index contributed by atoms with van der Waals surface area (Å²) in [5.74, 6) is 0.179. The number of anilines is 1. The second kappa shape index (κ2) is 6.47. The number of nitrogen functional groups attached to an aromatic ring is 1. The molecule has 3 aliphatic rings. The third-order valence-electron chi connectivity index (χ3n) is 6.15. The van der Waals surface area contributed by atoms with Crippen LogP contribution in [0.2, 0.25) is 0 Å². The highest BCUT2D eigenvalue weighted by atomic mass is 31.2. The summed E-state index contributed by atoms with van der Waals surface area (Å²) in [5, 5.41) is 11.5. The maximum absolute atomic E-state index is 13.1. The molecule has 6 atom stereocenters. The molecule has 1 spiro atoms. The SMILES string of the molecule is COc1nc(N)nc2c1ncn2[C@@H]1O[C@@H]2C3OP(=O)(OCc4ccccc4)O[C@]32[C@@]1(C)O. The molecule has 0 bridgehead atoms. The fraction of sp³-hybridized carbons (Fsp3) is 0.421. The highest BCUT2D eigenvalue weighted by Gasteiger charge is 2.90. The van der Waals surface area contributed by atoms with Crippen LogP contribution >= 0.6 is 7.82 Å². The maximum Gasteiger partial charge on any atom is 0.476 e. The average Bonchev–Trinajstić information content (AvgIpc) is 3.06. The van der Waals surface area contributed by atoms with Crippen LogP contribution in [0.5, 0.6) is 5.88 Å². The minimum absolute atomic E-state index is 0.0193. The lowest BCUT2D eigenvalue weighted by molar-refractivity contribution is -0.134. The van der Waals surface area contributed by atoms with Gasteiger partial charge in [0.1, 0.15) is 17.8 Å². The highest BCUT2D eigenvalue weighted by molar-refractivity contribution is 7.48. The van der Waals surface area contributed by atoms with Gasteiger partial charge >= 0.3 is 7.82 Å². The molecule has 3 aromatic rings. The zero-order valence-corrected chi connectivity index (χ0v) is 18.0. The molecule has 3 N–H and O–H groups in total. The minimum atomic E-state index is -3.90. The lowest BCUT2D eigenvalue weighted by atomic mass is 9.95. The first kappa shape index (κ1) is 20.0. The van der Waals surface area contributed by atoms with E-state index in [1.165, 1.54) is 24.9 Å². The van der Waals surface area contributed by atoms with E-state index in [2.05, 4.69) is 15.0 Å². The first-order chi connectivity index (χ1) is 15.3. The number of aliphatic hydroxyl groups is 1. The minimum Gasteiger partial charge on any atom is -0.479 e. The summed E-state index contributed by atoms with van der Waals surface area (Å²) in [6, 6.07) is 9.23. The number of rotatable bonds is 5. The standard InChI is InChI=1S/C19H20N5O7P/c1-18(25)16(24-9-21-11-14(24)22-17(20)23-15(11)27-2)29-12-13-19(12,18)31-32(26,30-13)28-8-10-6-4-3-5-7-10/h3-7,9,12-13,16,25H,8H2,1-2H3,(H2,20,22,23)/t12-,13?,16-,18+,19+,32?/m1/s1. The number of methoxy groups -OCH3 is 1. The molecule has 3 fully saturated rings. The van der Waals surface area contributed by atoms with Crippen molar-refractivity contribution in [2.75, 3.05) is 12.8 Å². The number of phosphoric ester groups is 1. The van der Waals surface area contributed by atoms with E-state index in [0.29, 0.717) is 11.2 Å². The molecular weight excluding hydrogens is 441 g/mol. The monoisotopic (exact) mass is 461 g/mol. The summed E-state index contributed by atoms with van der Waals surface area (Å²) in [6.07, 6.45) is -0.877. The van der Waals surface area contributed by atoms with Crippen LogP contribution < -0.4 is 10.5 Å². The van der Waals surface area contributed by atoms with E-state index >= 15 is 0 Å². The number of benzene rings is 1. The van der Waals surface area contributed by atoms with Gasteiger partial charge in [-0.2, -0.15) is 9.97 Å². The van der Waals surface area contributed by atoms with Crippen molar-refractivity contribution in [3.05, 3.63) is 42.2 Å². The average molecular weight is 461 g/mol. The van der Waals surface area contributed by atoms with Gasteiger partial charge in [0, 0.05) is 0 Å². The third kappa shape index (κ3) is 2.56. The van der Waals surface area contributed by atoms with Gasteiger partial charge in [-0.25, -0.2) is 9.55 Å². The van der Waals surface area contributed by atoms with Crippen molar-refractivity contribution >= 4 is 24.9 Å². The molecule has 4 heterocycles. The topological polar surface area (TPSA) is 153 Å². The van der Waals surface area contributed by atoms with E-state index in [0.717, 1.165) is 5.56 Å². The molecule has 1 aromatic carbocycles. The molecule has 2 aromatic heterocycles. The van der Waals surface area contributed by atoms with E-state index in [4.69, 9.17) is 28.8 Å². The van der Waals surface area contributed by atoms with E-state index in [1.54, 1.807) is 0 Å². The van der Waals surface area contributed by atoms with Crippen LogP contribution in [0, 0.1) is 0 Å². The van der Waals surface area contributed by atoms with Gasteiger partial charge in [-0.15, -0.1) is 0 Å². The number of hydrogen-bond acceptors (Lipinski definition) is 11. The molecule has 2 saturated heterocycles. The largest absolute Gasteiger partial charge is 0.479 e. The summed E-state index contributed by atoms with van der Waals surface area (Å²) in [6.45, 7) is 1.57. The van der Waals surface area contributed by atoms with E-state index in [9.17, 15) is 9.67 Å². The van der Waals surface area contributed by atoms with Gasteiger partial charge in [0.05, 0.1) is 20.0 Å². The van der Waals surface area contributed by atoms with Gasteiger partial charge in [0.15, 0.2) is 23.0 Å². The van der Waals surface area contributed by atoms with Crippen LogP contribution in [0.25, 0.3) is 11.2 Å². The van der Waals surface area contributed by atoms with E-state index in [-0.39, 0.29) is 18.4 Å². The predicted molar refractivity (Wildman–Crippen MR) is 108 cm³/mol. The quantitative estimate of drug-likeness (QED) is 0.532. The van der Waals surface area contributed by atoms with Crippen LogP contribution in [-0.2, 0) is 29.5 Å². The lowest BCUT2D eigenvalue weighted by Crippen LogP contribution is -2.47. The molecule has 1 saturated carbocycles. The second-order valence-corrected chi connectivity index (χ2v) is 9.63. The van der Waals surface area contributed by atoms with E-state index in [1.807, 2.05) is 30.3 Å². The number of hydrogen-bond donors (Lipinski definition) is 2. The fourth-order valence-corrected chi connectivity index (χ4v) is 6.31. The Kier molecular flexibility index (Phi) is 4.05. The van der Waals surface area contributed by atoms with Crippen molar-refractivity contribution in [1.82, 2.24) is 19.5 Å². The molecule has 0 amide bonds. The molecule has 0 radical (unpaired) electrons. The van der Waals surface area contributed by atoms with Gasteiger partial charge in [-0.3, -0.25) is 18.1 Å². The predicted octanol–water partition coefficient (Wildman–Crippen LogP) is 1.56. The molecular formula is C19H20N5O7P. The molecule has 168 valence electrons. The van der Waals surface area contributed by atoms with Crippen molar-refractivity contribution in [3.63, 3.8) is 0 Å². The third-order valence-corrected chi connectivity index (χ3v) is 7.61. The number of imidazole rings is 1. The normalized spacial score (nSPS) is 37.4. The molecule has 2 unspecified atom stereocenters. The zero-order valence-electron chi connectivity index (χ0n) is 17.1. The van der Waals surface area contributed by atoms with Crippen LogP contribution in [-0.4, -0.2) is 55.1 Å². The van der Waals surface area contributed by atoms with Crippen molar-refractivity contribution < 1.29 is 32.7 Å². The van der Waals surface area contributed by atoms with Crippen LogP contribution in [0.1, 0.15) is 18.7 Å². The Hall–Kier alpha value is -2.60. The smallest absolute Gasteiger partial charge is 0.476 e. The highest BCUT2D eigenvalue weighted by Crippen LogP contribution is 2.77. The van der Waals surface area contributed by atoms with Crippen molar-refractivity contribution in [3.8, 4) is 5.88 Å². The Morgan fingerprint density at radius 2 is 2.06 bits per heavy atom. The number of fused-ring (bicyclic) bond motifs is 2. The second-order valence-electron chi connectivity index (χ2n) is 8.09. The zero-order chi connectivity index (χ0) is 22.3. The van der Waals surface area contributed by atoms with E-state index < -0.39 is 37.5 Å². The molecule has 12 nitrogen and oxygen atoms in total. The maximum atomic E-state index is 13.1. The molecule has 13 heteroatoms. The summed E-state index contributed by atoms with van der Waals surface area (Å²) in [7, 11) is -2.46.